The van der Waals surface area contributed by atoms with Crippen LogP contribution in [0.2, 0.25) is 0 Å². The van der Waals surface area contributed by atoms with E-state index in [-0.39, 0.29) is 18.8 Å². The van der Waals surface area contributed by atoms with Crippen LogP contribution in [0.5, 0.6) is 5.75 Å². The molecule has 0 atom stereocenters. The topological polar surface area (TPSA) is 76.4 Å². The highest BCUT2D eigenvalue weighted by Gasteiger charge is 2.17. The number of benzene rings is 2. The van der Waals surface area contributed by atoms with Gasteiger partial charge in [0.15, 0.2) is 5.78 Å². The molecular formula is C20H17NO4. The number of ketones is 1. The normalized spacial score (nSPS) is 10.6. The Kier molecular flexibility index (Phi) is 6.49. The maximum Gasteiger partial charge on any atom is 0.341 e. The number of carbonyl (C=O) groups excluding carboxylic acids is 2. The number of nitriles is 1. The highest BCUT2D eigenvalue weighted by atomic mass is 16.6. The van der Waals surface area contributed by atoms with Crippen LogP contribution in [0.1, 0.15) is 18.1 Å². The minimum Gasteiger partial charge on any atom is -0.490 e. The van der Waals surface area contributed by atoms with Crippen LogP contribution in [-0.4, -0.2) is 25.0 Å². The van der Waals surface area contributed by atoms with Gasteiger partial charge < -0.3 is 9.47 Å². The summed E-state index contributed by atoms with van der Waals surface area (Å²) in [6.45, 7) is 1.47. The summed E-state index contributed by atoms with van der Waals surface area (Å²) >= 11 is 0. The SMILES string of the molecule is CC(=O)C(=Cc1ccccc1C#N)C(=O)OCCOc1ccccc1. The molecule has 126 valence electrons. The average molecular weight is 335 g/mol. The Morgan fingerprint density at radius 2 is 1.72 bits per heavy atom. The van der Waals surface area contributed by atoms with Crippen LogP contribution in [0.15, 0.2) is 60.2 Å². The second-order valence-corrected chi connectivity index (χ2v) is 5.11. The Morgan fingerprint density at radius 1 is 1.04 bits per heavy atom. The summed E-state index contributed by atoms with van der Waals surface area (Å²) in [5.74, 6) is -0.498. The Balaban J connectivity index is 2.00. The number of carbonyl (C=O) groups is 2. The van der Waals surface area contributed by atoms with Gasteiger partial charge in [0.25, 0.3) is 0 Å². The molecule has 0 bridgehead atoms. The number of hydrogen-bond donors (Lipinski definition) is 0. The van der Waals surface area contributed by atoms with Gasteiger partial charge in [0.05, 0.1) is 11.6 Å². The van der Waals surface area contributed by atoms with Crippen LogP contribution in [0.3, 0.4) is 0 Å². The molecule has 0 fully saturated rings. The first-order chi connectivity index (χ1) is 12.1. The zero-order valence-electron chi connectivity index (χ0n) is 13.8. The third-order valence-electron chi connectivity index (χ3n) is 3.31. The molecule has 2 aromatic carbocycles. The molecule has 5 heteroatoms. The first-order valence-corrected chi connectivity index (χ1v) is 7.68. The van der Waals surface area contributed by atoms with E-state index in [4.69, 9.17) is 14.7 Å². The average Bonchev–Trinajstić information content (AvgIpc) is 2.64. The van der Waals surface area contributed by atoms with Crippen molar-refractivity contribution in [1.82, 2.24) is 0 Å². The zero-order chi connectivity index (χ0) is 18.1. The number of hydrogen-bond acceptors (Lipinski definition) is 5. The molecule has 0 spiro atoms. The Labute approximate surface area is 146 Å². The molecule has 25 heavy (non-hydrogen) atoms. The zero-order valence-corrected chi connectivity index (χ0v) is 13.8. The number of nitrogens with zero attached hydrogens (tertiary/aromatic N) is 1. The van der Waals surface area contributed by atoms with E-state index in [1.165, 1.54) is 13.0 Å². The molecule has 0 amide bonds. The molecule has 0 radical (unpaired) electrons. The summed E-state index contributed by atoms with van der Waals surface area (Å²) in [6, 6.07) is 17.9. The van der Waals surface area contributed by atoms with Crippen molar-refractivity contribution in [1.29, 1.82) is 5.26 Å². The second-order valence-electron chi connectivity index (χ2n) is 5.11. The van der Waals surface area contributed by atoms with Crippen LogP contribution in [0.4, 0.5) is 0 Å². The van der Waals surface area contributed by atoms with Crippen molar-refractivity contribution in [2.24, 2.45) is 0 Å². The maximum atomic E-state index is 12.2. The third-order valence-corrected chi connectivity index (χ3v) is 3.31. The summed E-state index contributed by atoms with van der Waals surface area (Å²) in [4.78, 5) is 23.9. The largest absolute Gasteiger partial charge is 0.490 e. The minimum absolute atomic E-state index is 0.0121. The summed E-state index contributed by atoms with van der Waals surface area (Å²) in [5.41, 5.74) is 0.761. The molecular weight excluding hydrogens is 318 g/mol. The highest BCUT2D eigenvalue weighted by molar-refractivity contribution is 6.19. The van der Waals surface area contributed by atoms with Crippen LogP contribution in [0.25, 0.3) is 6.08 Å². The van der Waals surface area contributed by atoms with Crippen LogP contribution >= 0.6 is 0 Å². The summed E-state index contributed by atoms with van der Waals surface area (Å²) < 4.78 is 10.5. The Bertz CT molecular complexity index is 819. The lowest BCUT2D eigenvalue weighted by molar-refractivity contribution is -0.140. The number of para-hydroxylation sites is 1. The lowest BCUT2D eigenvalue weighted by Crippen LogP contribution is -2.17. The fraction of sp³-hybridized carbons (Fsp3) is 0.150. The summed E-state index contributed by atoms with van der Waals surface area (Å²) in [6.07, 6.45) is 1.38. The lowest BCUT2D eigenvalue weighted by Gasteiger charge is -2.08. The van der Waals surface area contributed by atoms with Gasteiger partial charge in [0.1, 0.15) is 24.5 Å². The van der Waals surface area contributed by atoms with Crippen molar-refractivity contribution in [3.8, 4) is 11.8 Å². The lowest BCUT2D eigenvalue weighted by atomic mass is 10.0. The van der Waals surface area contributed by atoms with Gasteiger partial charge in [0.2, 0.25) is 0 Å². The molecule has 0 heterocycles. The van der Waals surface area contributed by atoms with E-state index in [0.29, 0.717) is 16.9 Å². The Hall–Kier alpha value is -3.39. The Morgan fingerprint density at radius 3 is 2.40 bits per heavy atom. The first-order valence-electron chi connectivity index (χ1n) is 7.68. The number of ether oxygens (including phenoxy) is 2. The van der Waals surface area contributed by atoms with Gasteiger partial charge in [-0.3, -0.25) is 4.79 Å². The van der Waals surface area contributed by atoms with Gasteiger partial charge in [-0.2, -0.15) is 5.26 Å². The number of esters is 1. The minimum atomic E-state index is -0.739. The van der Waals surface area contributed by atoms with Crippen LogP contribution in [-0.2, 0) is 14.3 Å². The van der Waals surface area contributed by atoms with E-state index in [0.717, 1.165) is 0 Å². The quantitative estimate of drug-likeness (QED) is 0.255. The van der Waals surface area contributed by atoms with Crippen molar-refractivity contribution >= 4 is 17.8 Å². The van der Waals surface area contributed by atoms with Gasteiger partial charge in [-0.25, -0.2) is 4.79 Å². The second kappa shape index (κ2) is 9.04. The smallest absolute Gasteiger partial charge is 0.341 e. The van der Waals surface area contributed by atoms with Crippen molar-refractivity contribution in [3.05, 3.63) is 71.3 Å². The van der Waals surface area contributed by atoms with Gasteiger partial charge in [-0.15, -0.1) is 0 Å². The fourth-order valence-electron chi connectivity index (χ4n) is 2.07. The van der Waals surface area contributed by atoms with E-state index in [2.05, 4.69) is 0 Å². The van der Waals surface area contributed by atoms with E-state index < -0.39 is 11.8 Å². The molecule has 0 saturated carbocycles. The fourth-order valence-corrected chi connectivity index (χ4v) is 2.07. The van der Waals surface area contributed by atoms with E-state index in [1.54, 1.807) is 36.4 Å². The molecule has 2 aromatic rings. The van der Waals surface area contributed by atoms with E-state index in [1.807, 2.05) is 24.3 Å². The van der Waals surface area contributed by atoms with E-state index >= 15 is 0 Å². The highest BCUT2D eigenvalue weighted by Crippen LogP contribution is 2.14. The van der Waals surface area contributed by atoms with Crippen LogP contribution in [0, 0.1) is 11.3 Å². The molecule has 5 nitrogen and oxygen atoms in total. The molecule has 0 aliphatic heterocycles. The monoisotopic (exact) mass is 335 g/mol. The summed E-state index contributed by atoms with van der Waals surface area (Å²) in [7, 11) is 0. The summed E-state index contributed by atoms with van der Waals surface area (Å²) in [5, 5.41) is 9.09. The molecule has 2 rings (SSSR count). The van der Waals surface area contributed by atoms with Gasteiger partial charge >= 0.3 is 5.97 Å². The maximum absolute atomic E-state index is 12.2. The number of rotatable bonds is 7. The first kappa shape index (κ1) is 18.0. The van der Waals surface area contributed by atoms with Gasteiger partial charge in [-0.1, -0.05) is 36.4 Å². The molecule has 0 saturated heterocycles. The molecule has 0 aliphatic carbocycles. The molecule has 0 aliphatic rings. The molecule has 0 aromatic heterocycles. The van der Waals surface area contributed by atoms with Crippen molar-refractivity contribution in [2.45, 2.75) is 6.92 Å². The standard InChI is InChI=1S/C20H17NO4/c1-15(22)19(13-16-7-5-6-8-17(16)14-21)20(23)25-12-11-24-18-9-3-2-4-10-18/h2-10,13H,11-12H2,1H3. The molecule has 0 unspecified atom stereocenters. The van der Waals surface area contributed by atoms with Crippen molar-refractivity contribution in [3.63, 3.8) is 0 Å². The molecule has 0 N–H and O–H groups in total. The third kappa shape index (κ3) is 5.33. The van der Waals surface area contributed by atoms with E-state index in [9.17, 15) is 9.59 Å². The number of Topliss-reactive ketones (excluding diaryl/α,β-unsaturated/α-hetero) is 1. The van der Waals surface area contributed by atoms with Crippen LogP contribution < -0.4 is 4.74 Å². The van der Waals surface area contributed by atoms with Crippen molar-refractivity contribution < 1.29 is 19.1 Å². The predicted octanol–water partition coefficient (Wildman–Crippen LogP) is 3.15. The van der Waals surface area contributed by atoms with Gasteiger partial charge in [0, 0.05) is 0 Å². The van der Waals surface area contributed by atoms with Gasteiger partial charge in [-0.05, 0) is 36.8 Å². The van der Waals surface area contributed by atoms with Crippen molar-refractivity contribution in [2.75, 3.05) is 13.2 Å². The predicted molar refractivity (Wildman–Crippen MR) is 92.7 cm³/mol.